The molecule has 0 atom stereocenters. The zero-order chi connectivity index (χ0) is 11.7. The largest absolute Gasteiger partial charge is 0.481 e. The van der Waals surface area contributed by atoms with Gasteiger partial charge in [-0.2, -0.15) is 0 Å². The summed E-state index contributed by atoms with van der Waals surface area (Å²) in [5.74, 6) is -0.755. The van der Waals surface area contributed by atoms with Crippen molar-refractivity contribution in [3.63, 3.8) is 0 Å². The molecule has 16 heavy (non-hydrogen) atoms. The number of aliphatic carboxylic acids is 1. The Bertz CT molecular complexity index is 545. The number of carboxylic acid groups (broad SMARTS) is 1. The lowest BCUT2D eigenvalue weighted by Crippen LogP contribution is -1.96. The van der Waals surface area contributed by atoms with Crippen LogP contribution in [0.3, 0.4) is 0 Å². The summed E-state index contributed by atoms with van der Waals surface area (Å²) in [6.45, 7) is 2.03. The summed E-state index contributed by atoms with van der Waals surface area (Å²) in [4.78, 5) is 11.7. The molecule has 2 rings (SSSR count). The molecule has 0 bridgehead atoms. The molecule has 0 amide bonds. The van der Waals surface area contributed by atoms with Gasteiger partial charge in [0.05, 0.1) is 6.42 Å². The van der Waals surface area contributed by atoms with Crippen LogP contribution in [0.4, 0.5) is 0 Å². The van der Waals surface area contributed by atoms with Gasteiger partial charge >= 0.3 is 5.97 Å². The number of fused-ring (bicyclic) bond motifs is 1. The molecule has 0 aliphatic heterocycles. The lowest BCUT2D eigenvalue weighted by atomic mass is 10.1. The number of carbonyl (C=O) groups is 1. The van der Waals surface area contributed by atoms with Gasteiger partial charge in [-0.25, -0.2) is 0 Å². The number of hydrogen-bond donors (Lipinski definition) is 1. The first-order chi connectivity index (χ1) is 7.58. The molecule has 0 radical (unpaired) electrons. The molecule has 0 aliphatic rings. The van der Waals surface area contributed by atoms with Crippen molar-refractivity contribution in [2.75, 3.05) is 0 Å². The van der Waals surface area contributed by atoms with Gasteiger partial charge in [0.25, 0.3) is 0 Å². The van der Waals surface area contributed by atoms with Crippen molar-refractivity contribution in [3.8, 4) is 0 Å². The second-order valence-electron chi connectivity index (χ2n) is 3.68. The lowest BCUT2D eigenvalue weighted by molar-refractivity contribution is -0.136. The quantitative estimate of drug-likeness (QED) is 0.903. The van der Waals surface area contributed by atoms with Crippen LogP contribution >= 0.6 is 22.9 Å². The molecule has 0 unspecified atom stereocenters. The topological polar surface area (TPSA) is 37.3 Å². The third kappa shape index (κ3) is 2.20. The molecule has 4 heteroatoms. The smallest absolute Gasteiger partial charge is 0.303 e. The summed E-state index contributed by atoms with van der Waals surface area (Å²) in [7, 11) is 0. The average Bonchev–Trinajstić information content (AvgIpc) is 2.52. The van der Waals surface area contributed by atoms with E-state index in [1.54, 1.807) is 11.3 Å². The van der Waals surface area contributed by atoms with Gasteiger partial charge in [-0.3, -0.25) is 4.79 Å². The van der Waals surface area contributed by atoms with E-state index < -0.39 is 5.97 Å². The summed E-state index contributed by atoms with van der Waals surface area (Å²) >= 11 is 7.55. The molecule has 1 aromatic carbocycles. The molecule has 0 aliphatic carbocycles. The van der Waals surface area contributed by atoms with Crippen LogP contribution in [0.5, 0.6) is 0 Å². The number of rotatable bonds is 3. The minimum atomic E-state index is -0.755. The van der Waals surface area contributed by atoms with Gasteiger partial charge < -0.3 is 5.11 Å². The molecular weight excluding hydrogens is 244 g/mol. The van der Waals surface area contributed by atoms with E-state index >= 15 is 0 Å². The predicted octanol–water partition coefficient (Wildman–Crippen LogP) is 3.88. The van der Waals surface area contributed by atoms with Crippen molar-refractivity contribution in [3.05, 3.63) is 33.7 Å². The molecule has 84 valence electrons. The van der Waals surface area contributed by atoms with Crippen LogP contribution in [0.1, 0.15) is 16.9 Å². The second kappa shape index (κ2) is 4.44. The number of carboxylic acids is 1. The number of benzene rings is 1. The van der Waals surface area contributed by atoms with Crippen LogP contribution in [0.15, 0.2) is 18.2 Å². The van der Waals surface area contributed by atoms with Crippen molar-refractivity contribution in [1.29, 1.82) is 0 Å². The van der Waals surface area contributed by atoms with Gasteiger partial charge in [-0.1, -0.05) is 17.7 Å². The monoisotopic (exact) mass is 254 g/mol. The van der Waals surface area contributed by atoms with Gasteiger partial charge in [0, 0.05) is 14.6 Å². The van der Waals surface area contributed by atoms with Crippen LogP contribution < -0.4 is 0 Å². The van der Waals surface area contributed by atoms with E-state index in [1.807, 2.05) is 25.1 Å². The van der Waals surface area contributed by atoms with E-state index in [2.05, 4.69) is 0 Å². The second-order valence-corrected chi connectivity index (χ2v) is 5.26. The third-order valence-corrected chi connectivity index (χ3v) is 4.11. The lowest BCUT2D eigenvalue weighted by Gasteiger charge is -1.95. The van der Waals surface area contributed by atoms with Crippen molar-refractivity contribution in [2.45, 2.75) is 19.8 Å². The minimum absolute atomic E-state index is 0.182. The summed E-state index contributed by atoms with van der Waals surface area (Å²) in [5, 5.41) is 10.6. The molecule has 0 fully saturated rings. The highest BCUT2D eigenvalue weighted by Crippen LogP contribution is 2.33. The fraction of sp³-hybridized carbons (Fsp3) is 0.250. The summed E-state index contributed by atoms with van der Waals surface area (Å²) in [6.07, 6.45) is 0.777. The number of halogens is 1. The van der Waals surface area contributed by atoms with Gasteiger partial charge in [-0.15, -0.1) is 11.3 Å². The molecule has 1 N–H and O–H groups in total. The van der Waals surface area contributed by atoms with E-state index in [1.165, 1.54) is 10.9 Å². The van der Waals surface area contributed by atoms with Crippen molar-refractivity contribution >= 4 is 39.0 Å². The van der Waals surface area contributed by atoms with Crippen molar-refractivity contribution in [1.82, 2.24) is 0 Å². The fourth-order valence-corrected chi connectivity index (χ4v) is 3.20. The van der Waals surface area contributed by atoms with E-state index in [0.29, 0.717) is 6.42 Å². The van der Waals surface area contributed by atoms with Crippen molar-refractivity contribution < 1.29 is 9.90 Å². The number of aryl methyl sites for hydroxylation is 2. The van der Waals surface area contributed by atoms with Crippen LogP contribution in [-0.4, -0.2) is 11.1 Å². The van der Waals surface area contributed by atoms with Gasteiger partial charge in [-0.05, 0) is 36.4 Å². The van der Waals surface area contributed by atoms with E-state index in [4.69, 9.17) is 16.7 Å². The van der Waals surface area contributed by atoms with Crippen LogP contribution in [0.2, 0.25) is 5.02 Å². The maximum Gasteiger partial charge on any atom is 0.303 e. The number of hydrogen-bond acceptors (Lipinski definition) is 2. The molecule has 2 aromatic rings. The third-order valence-electron chi connectivity index (χ3n) is 2.57. The molecule has 2 nitrogen and oxygen atoms in total. The highest BCUT2D eigenvalue weighted by molar-refractivity contribution is 7.19. The Morgan fingerprint density at radius 3 is 2.94 bits per heavy atom. The standard InChI is InChI=1S/C12H11ClO2S/c1-7-9-3-2-8(13)6-11(9)16-10(7)4-5-12(14)15/h2-3,6H,4-5H2,1H3,(H,14,15). The van der Waals surface area contributed by atoms with E-state index in [-0.39, 0.29) is 6.42 Å². The summed E-state index contributed by atoms with van der Waals surface area (Å²) < 4.78 is 1.13. The highest BCUT2D eigenvalue weighted by Gasteiger charge is 2.09. The summed E-state index contributed by atoms with van der Waals surface area (Å²) in [6, 6.07) is 5.79. The molecule has 0 saturated carbocycles. The SMILES string of the molecule is Cc1c(CCC(=O)O)sc2cc(Cl)ccc12. The van der Waals surface area contributed by atoms with E-state index in [9.17, 15) is 4.79 Å². The molecular formula is C12H11ClO2S. The molecule has 1 aromatic heterocycles. The first-order valence-electron chi connectivity index (χ1n) is 4.97. The Morgan fingerprint density at radius 1 is 1.50 bits per heavy atom. The van der Waals surface area contributed by atoms with Crippen LogP contribution in [0.25, 0.3) is 10.1 Å². The minimum Gasteiger partial charge on any atom is -0.481 e. The van der Waals surface area contributed by atoms with Crippen molar-refractivity contribution in [2.24, 2.45) is 0 Å². The zero-order valence-electron chi connectivity index (χ0n) is 8.79. The Morgan fingerprint density at radius 2 is 2.25 bits per heavy atom. The van der Waals surface area contributed by atoms with Crippen LogP contribution in [-0.2, 0) is 11.2 Å². The Labute approximate surface area is 102 Å². The molecule has 1 heterocycles. The first kappa shape index (κ1) is 11.4. The predicted molar refractivity (Wildman–Crippen MR) is 67.5 cm³/mol. The first-order valence-corrected chi connectivity index (χ1v) is 6.16. The van der Waals surface area contributed by atoms with Crippen LogP contribution in [0, 0.1) is 6.92 Å². The fourth-order valence-electron chi connectivity index (χ4n) is 1.71. The molecule has 0 saturated heterocycles. The Hall–Kier alpha value is -1.06. The van der Waals surface area contributed by atoms with Gasteiger partial charge in [0.2, 0.25) is 0 Å². The van der Waals surface area contributed by atoms with Gasteiger partial charge in [0.15, 0.2) is 0 Å². The highest BCUT2D eigenvalue weighted by atomic mass is 35.5. The number of thiophene rings is 1. The Kier molecular flexibility index (Phi) is 3.17. The van der Waals surface area contributed by atoms with Gasteiger partial charge in [0.1, 0.15) is 0 Å². The maximum absolute atomic E-state index is 10.5. The zero-order valence-corrected chi connectivity index (χ0v) is 10.4. The summed E-state index contributed by atoms with van der Waals surface area (Å²) in [5.41, 5.74) is 1.18. The van der Waals surface area contributed by atoms with E-state index in [0.717, 1.165) is 14.6 Å². The normalized spacial score (nSPS) is 10.9. The average molecular weight is 255 g/mol. The maximum atomic E-state index is 10.5. The molecule has 0 spiro atoms. The Balaban J connectivity index is 2.39.